The van der Waals surface area contributed by atoms with Crippen molar-refractivity contribution < 1.29 is 9.53 Å². The Labute approximate surface area is 107 Å². The van der Waals surface area contributed by atoms with Crippen LogP contribution in [0.15, 0.2) is 0 Å². The molecule has 0 saturated carbocycles. The Morgan fingerprint density at radius 3 is 3.06 bits per heavy atom. The van der Waals surface area contributed by atoms with Gasteiger partial charge in [0.25, 0.3) is 0 Å². The van der Waals surface area contributed by atoms with Gasteiger partial charge in [-0.1, -0.05) is 0 Å². The molecule has 0 aromatic rings. The number of carbonyl (C=O) groups is 1. The number of amides is 1. The predicted octanol–water partition coefficient (Wildman–Crippen LogP) is 0.719. The molecule has 0 bridgehead atoms. The van der Waals surface area contributed by atoms with E-state index < -0.39 is 0 Å². The highest BCUT2D eigenvalue weighted by Crippen LogP contribution is 2.15. The monoisotopic (exact) mass is 258 g/mol. The molecule has 2 saturated heterocycles. The number of carbonyl (C=O) groups excluding carboxylic acids is 1. The average Bonchev–Trinajstić information content (AvgIpc) is 2.40. The molecule has 1 N–H and O–H groups in total. The standard InChI is InChI=1S/C12H22N2O2S/c1-14(8-10-4-2-3-6-16-10)12(15)11-9-17-7-5-13-11/h10-11,13H,2-9H2,1H3. The van der Waals surface area contributed by atoms with Crippen molar-refractivity contribution in [1.82, 2.24) is 10.2 Å². The van der Waals surface area contributed by atoms with E-state index in [2.05, 4.69) is 5.32 Å². The van der Waals surface area contributed by atoms with Gasteiger partial charge in [0, 0.05) is 38.2 Å². The first-order valence-electron chi connectivity index (χ1n) is 6.45. The van der Waals surface area contributed by atoms with Gasteiger partial charge in [0.2, 0.25) is 5.91 Å². The summed E-state index contributed by atoms with van der Waals surface area (Å²) in [4.78, 5) is 14.0. The van der Waals surface area contributed by atoms with Gasteiger partial charge >= 0.3 is 0 Å². The molecule has 0 spiro atoms. The van der Waals surface area contributed by atoms with Crippen LogP contribution in [0.5, 0.6) is 0 Å². The van der Waals surface area contributed by atoms with Crippen molar-refractivity contribution >= 4 is 17.7 Å². The summed E-state index contributed by atoms with van der Waals surface area (Å²) in [6.45, 7) is 2.53. The Morgan fingerprint density at radius 1 is 1.53 bits per heavy atom. The quantitative estimate of drug-likeness (QED) is 0.810. The van der Waals surface area contributed by atoms with Crippen LogP contribution in [0.4, 0.5) is 0 Å². The SMILES string of the molecule is CN(CC1CCCCO1)C(=O)C1CSCCN1. The lowest BCUT2D eigenvalue weighted by Gasteiger charge is -2.31. The summed E-state index contributed by atoms with van der Waals surface area (Å²) in [5, 5.41) is 3.28. The first-order valence-corrected chi connectivity index (χ1v) is 7.60. The zero-order valence-corrected chi connectivity index (χ0v) is 11.3. The van der Waals surface area contributed by atoms with Gasteiger partial charge in [0.05, 0.1) is 12.1 Å². The third-order valence-electron chi connectivity index (χ3n) is 3.35. The van der Waals surface area contributed by atoms with Gasteiger partial charge in [-0.3, -0.25) is 4.79 Å². The fourth-order valence-corrected chi connectivity index (χ4v) is 3.26. The highest BCUT2D eigenvalue weighted by molar-refractivity contribution is 7.99. The van der Waals surface area contributed by atoms with Crippen molar-refractivity contribution in [1.29, 1.82) is 0 Å². The summed E-state index contributed by atoms with van der Waals surface area (Å²) >= 11 is 1.85. The summed E-state index contributed by atoms with van der Waals surface area (Å²) in [6, 6.07) is 0.00217. The van der Waals surface area contributed by atoms with Gasteiger partial charge in [0.1, 0.15) is 0 Å². The fourth-order valence-electron chi connectivity index (χ4n) is 2.34. The van der Waals surface area contributed by atoms with Gasteiger partial charge in [-0.2, -0.15) is 11.8 Å². The number of nitrogens with zero attached hydrogens (tertiary/aromatic N) is 1. The van der Waals surface area contributed by atoms with Gasteiger partial charge in [-0.15, -0.1) is 0 Å². The minimum absolute atomic E-state index is 0.00217. The normalized spacial score (nSPS) is 29.9. The van der Waals surface area contributed by atoms with E-state index in [1.807, 2.05) is 23.7 Å². The van der Waals surface area contributed by atoms with Crippen LogP contribution < -0.4 is 5.32 Å². The third kappa shape index (κ3) is 3.86. The highest BCUT2D eigenvalue weighted by Gasteiger charge is 2.26. The van der Waals surface area contributed by atoms with E-state index in [0.29, 0.717) is 0 Å². The van der Waals surface area contributed by atoms with E-state index in [9.17, 15) is 4.79 Å². The number of hydrogen-bond donors (Lipinski definition) is 1. The second-order valence-electron chi connectivity index (χ2n) is 4.79. The Kier molecular flexibility index (Phi) is 5.13. The van der Waals surface area contributed by atoms with Gasteiger partial charge in [-0.25, -0.2) is 0 Å². The lowest BCUT2D eigenvalue weighted by molar-refractivity contribution is -0.134. The first kappa shape index (κ1) is 13.2. The molecule has 2 heterocycles. The van der Waals surface area contributed by atoms with Crippen LogP contribution >= 0.6 is 11.8 Å². The zero-order valence-electron chi connectivity index (χ0n) is 10.5. The van der Waals surface area contributed by atoms with Crippen LogP contribution in [-0.2, 0) is 9.53 Å². The molecule has 2 rings (SSSR count). The minimum atomic E-state index is 0.00217. The van der Waals surface area contributed by atoms with Crippen LogP contribution in [0, 0.1) is 0 Å². The largest absolute Gasteiger partial charge is 0.376 e. The van der Waals surface area contributed by atoms with Crippen LogP contribution in [0.3, 0.4) is 0 Å². The molecule has 2 aliphatic heterocycles. The maximum absolute atomic E-state index is 12.2. The summed E-state index contributed by atoms with van der Waals surface area (Å²) in [6.07, 6.45) is 3.72. The van der Waals surface area contributed by atoms with Crippen molar-refractivity contribution in [2.75, 3.05) is 38.2 Å². The van der Waals surface area contributed by atoms with Crippen LogP contribution in [0.25, 0.3) is 0 Å². The molecule has 2 unspecified atom stereocenters. The molecule has 0 aromatic carbocycles. The molecule has 2 aliphatic rings. The summed E-state index contributed by atoms with van der Waals surface area (Å²) in [7, 11) is 1.89. The average molecular weight is 258 g/mol. The van der Waals surface area contributed by atoms with Crippen LogP contribution in [-0.4, -0.2) is 61.2 Å². The number of nitrogens with one attached hydrogen (secondary N) is 1. The summed E-state index contributed by atoms with van der Waals surface area (Å²) < 4.78 is 5.67. The molecular weight excluding hydrogens is 236 g/mol. The Hall–Kier alpha value is -0.260. The Balaban J connectivity index is 1.77. The lowest BCUT2D eigenvalue weighted by Crippen LogP contribution is -2.51. The first-order chi connectivity index (χ1) is 8.27. The number of hydrogen-bond acceptors (Lipinski definition) is 4. The smallest absolute Gasteiger partial charge is 0.240 e. The van der Waals surface area contributed by atoms with E-state index >= 15 is 0 Å². The minimum Gasteiger partial charge on any atom is -0.376 e. The predicted molar refractivity (Wildman–Crippen MR) is 70.3 cm³/mol. The molecular formula is C12H22N2O2S. The number of likely N-dealkylation sites (N-methyl/N-ethyl adjacent to an activating group) is 1. The molecule has 4 nitrogen and oxygen atoms in total. The van der Waals surface area contributed by atoms with Crippen molar-refractivity contribution in [3.63, 3.8) is 0 Å². The molecule has 5 heteroatoms. The molecule has 0 radical (unpaired) electrons. The summed E-state index contributed by atoms with van der Waals surface area (Å²) in [5.41, 5.74) is 0. The highest BCUT2D eigenvalue weighted by atomic mass is 32.2. The maximum Gasteiger partial charge on any atom is 0.240 e. The van der Waals surface area contributed by atoms with E-state index in [0.717, 1.165) is 44.0 Å². The van der Waals surface area contributed by atoms with E-state index in [-0.39, 0.29) is 18.1 Å². The maximum atomic E-state index is 12.2. The summed E-state index contributed by atoms with van der Waals surface area (Å²) in [5.74, 6) is 2.22. The Morgan fingerprint density at radius 2 is 2.41 bits per heavy atom. The van der Waals surface area contributed by atoms with Crippen LogP contribution in [0.1, 0.15) is 19.3 Å². The molecule has 17 heavy (non-hydrogen) atoms. The second-order valence-corrected chi connectivity index (χ2v) is 5.94. The molecule has 2 fully saturated rings. The third-order valence-corrected chi connectivity index (χ3v) is 4.41. The molecule has 2 atom stereocenters. The number of ether oxygens (including phenoxy) is 1. The Bertz CT molecular complexity index is 251. The van der Waals surface area contributed by atoms with Crippen molar-refractivity contribution in [3.8, 4) is 0 Å². The van der Waals surface area contributed by atoms with Gasteiger partial charge in [-0.05, 0) is 19.3 Å². The number of thioether (sulfide) groups is 1. The van der Waals surface area contributed by atoms with Crippen LogP contribution in [0.2, 0.25) is 0 Å². The van der Waals surface area contributed by atoms with Crippen molar-refractivity contribution in [3.05, 3.63) is 0 Å². The number of rotatable bonds is 3. The van der Waals surface area contributed by atoms with Crippen molar-refractivity contribution in [2.24, 2.45) is 0 Å². The fraction of sp³-hybridized carbons (Fsp3) is 0.917. The molecule has 0 aliphatic carbocycles. The lowest BCUT2D eigenvalue weighted by atomic mass is 10.1. The second kappa shape index (κ2) is 6.61. The van der Waals surface area contributed by atoms with E-state index in [1.165, 1.54) is 6.42 Å². The topological polar surface area (TPSA) is 41.6 Å². The van der Waals surface area contributed by atoms with Crippen molar-refractivity contribution in [2.45, 2.75) is 31.4 Å². The van der Waals surface area contributed by atoms with E-state index in [1.54, 1.807) is 0 Å². The van der Waals surface area contributed by atoms with Gasteiger partial charge < -0.3 is 15.0 Å². The molecule has 1 amide bonds. The van der Waals surface area contributed by atoms with E-state index in [4.69, 9.17) is 4.74 Å². The molecule has 98 valence electrons. The van der Waals surface area contributed by atoms with Gasteiger partial charge in [0.15, 0.2) is 0 Å². The zero-order chi connectivity index (χ0) is 12.1. The molecule has 0 aromatic heterocycles.